The molecule has 1 N–H and O–H groups in total. The van der Waals surface area contributed by atoms with E-state index in [1.54, 1.807) is 12.1 Å². The minimum Gasteiger partial charge on any atom is -0.349 e. The number of hydrogen-bond donors (Lipinski definition) is 1. The Kier molecular flexibility index (Phi) is 4.48. The Morgan fingerprint density at radius 1 is 1.15 bits per heavy atom. The highest BCUT2D eigenvalue weighted by Crippen LogP contribution is 2.24. The first-order chi connectivity index (χ1) is 9.38. The summed E-state index contributed by atoms with van der Waals surface area (Å²) in [5, 5.41) is 3.05. The molecule has 1 aliphatic carbocycles. The molecule has 0 aliphatic heterocycles. The average molecular weight is 295 g/mol. The fourth-order valence-corrected chi connectivity index (χ4v) is 3.27. The van der Waals surface area contributed by atoms with Crippen molar-refractivity contribution in [3.63, 3.8) is 0 Å². The van der Waals surface area contributed by atoms with Gasteiger partial charge in [0.25, 0.3) is 5.91 Å². The maximum Gasteiger partial charge on any atom is 0.251 e. The van der Waals surface area contributed by atoms with Crippen molar-refractivity contribution in [2.24, 2.45) is 5.92 Å². The van der Waals surface area contributed by atoms with E-state index >= 15 is 0 Å². The van der Waals surface area contributed by atoms with Crippen LogP contribution in [0.15, 0.2) is 29.2 Å². The zero-order valence-electron chi connectivity index (χ0n) is 11.9. The maximum atomic E-state index is 12.2. The molecule has 0 spiro atoms. The second kappa shape index (κ2) is 5.95. The van der Waals surface area contributed by atoms with E-state index in [4.69, 9.17) is 0 Å². The molecule has 2 unspecified atom stereocenters. The van der Waals surface area contributed by atoms with E-state index < -0.39 is 9.84 Å². The monoisotopic (exact) mass is 295 g/mol. The van der Waals surface area contributed by atoms with Crippen LogP contribution in [0.3, 0.4) is 0 Å². The lowest BCUT2D eigenvalue weighted by atomic mass is 9.86. The van der Waals surface area contributed by atoms with Crippen LogP contribution in [0.1, 0.15) is 43.0 Å². The minimum atomic E-state index is -3.21. The summed E-state index contributed by atoms with van der Waals surface area (Å²) in [7, 11) is -3.21. The second-order valence-electron chi connectivity index (χ2n) is 5.64. The molecule has 1 fully saturated rings. The fraction of sp³-hybridized carbons (Fsp3) is 0.533. The lowest BCUT2D eigenvalue weighted by Crippen LogP contribution is -2.41. The van der Waals surface area contributed by atoms with Crippen molar-refractivity contribution in [1.82, 2.24) is 5.32 Å². The SMILES string of the molecule is CC1CCCCC1NC(=O)c1ccc(S(C)(=O)=O)cc1. The number of carbonyl (C=O) groups excluding carboxylic acids is 1. The molecule has 0 aromatic heterocycles. The van der Waals surface area contributed by atoms with Gasteiger partial charge in [0.05, 0.1) is 4.90 Å². The highest BCUT2D eigenvalue weighted by atomic mass is 32.2. The third kappa shape index (κ3) is 3.60. The molecule has 1 amide bonds. The molecule has 1 aliphatic rings. The fourth-order valence-electron chi connectivity index (χ4n) is 2.64. The molecule has 0 saturated heterocycles. The summed E-state index contributed by atoms with van der Waals surface area (Å²) in [5.41, 5.74) is 0.509. The molecule has 5 heteroatoms. The lowest BCUT2D eigenvalue weighted by molar-refractivity contribution is 0.0910. The number of nitrogens with one attached hydrogen (secondary N) is 1. The third-order valence-corrected chi connectivity index (χ3v) is 5.10. The van der Waals surface area contributed by atoms with E-state index in [0.717, 1.165) is 25.5 Å². The number of benzene rings is 1. The summed E-state index contributed by atoms with van der Waals surface area (Å²) in [6, 6.07) is 6.33. The number of carbonyl (C=O) groups is 1. The van der Waals surface area contributed by atoms with Gasteiger partial charge in [0.15, 0.2) is 9.84 Å². The van der Waals surface area contributed by atoms with E-state index in [1.165, 1.54) is 18.6 Å². The topological polar surface area (TPSA) is 63.2 Å². The smallest absolute Gasteiger partial charge is 0.251 e. The van der Waals surface area contributed by atoms with Crippen molar-refractivity contribution < 1.29 is 13.2 Å². The molecule has 110 valence electrons. The van der Waals surface area contributed by atoms with Gasteiger partial charge in [0.2, 0.25) is 0 Å². The lowest BCUT2D eigenvalue weighted by Gasteiger charge is -2.29. The third-order valence-electron chi connectivity index (χ3n) is 3.97. The van der Waals surface area contributed by atoms with Gasteiger partial charge < -0.3 is 5.32 Å². The normalized spacial score (nSPS) is 23.3. The van der Waals surface area contributed by atoms with Crippen LogP contribution in [-0.4, -0.2) is 26.6 Å². The van der Waals surface area contributed by atoms with Gasteiger partial charge in [-0.3, -0.25) is 4.79 Å². The second-order valence-corrected chi connectivity index (χ2v) is 7.65. The Labute approximate surface area is 120 Å². The van der Waals surface area contributed by atoms with E-state index in [-0.39, 0.29) is 16.8 Å². The van der Waals surface area contributed by atoms with Crippen LogP contribution in [0.25, 0.3) is 0 Å². The molecule has 2 rings (SSSR count). The first-order valence-electron chi connectivity index (χ1n) is 6.99. The van der Waals surface area contributed by atoms with E-state index in [2.05, 4.69) is 12.2 Å². The molecule has 2 atom stereocenters. The predicted octanol–water partition coefficient (Wildman–Crippen LogP) is 2.40. The summed E-state index contributed by atoms with van der Waals surface area (Å²) in [5.74, 6) is 0.381. The van der Waals surface area contributed by atoms with Crippen LogP contribution in [0.2, 0.25) is 0 Å². The Morgan fingerprint density at radius 3 is 2.30 bits per heavy atom. The van der Waals surface area contributed by atoms with Crippen LogP contribution in [-0.2, 0) is 9.84 Å². The van der Waals surface area contributed by atoms with Crippen molar-refractivity contribution in [3.8, 4) is 0 Å². The number of hydrogen-bond acceptors (Lipinski definition) is 3. The van der Waals surface area contributed by atoms with Crippen LogP contribution >= 0.6 is 0 Å². The van der Waals surface area contributed by atoms with E-state index in [1.807, 2.05) is 0 Å². The van der Waals surface area contributed by atoms with Crippen LogP contribution in [0.5, 0.6) is 0 Å². The van der Waals surface area contributed by atoms with Gasteiger partial charge in [-0.2, -0.15) is 0 Å². The maximum absolute atomic E-state index is 12.2. The van der Waals surface area contributed by atoms with Gasteiger partial charge in [0, 0.05) is 17.9 Å². The molecule has 1 saturated carbocycles. The predicted molar refractivity (Wildman–Crippen MR) is 78.4 cm³/mol. The molecular formula is C15H21NO3S. The molecule has 0 heterocycles. The van der Waals surface area contributed by atoms with Gasteiger partial charge in [-0.05, 0) is 43.0 Å². The van der Waals surface area contributed by atoms with Crippen LogP contribution in [0, 0.1) is 5.92 Å². The zero-order valence-corrected chi connectivity index (χ0v) is 12.7. The molecule has 1 aromatic carbocycles. The number of sulfone groups is 1. The van der Waals surface area contributed by atoms with Crippen molar-refractivity contribution in [1.29, 1.82) is 0 Å². The average Bonchev–Trinajstić information content (AvgIpc) is 2.40. The van der Waals surface area contributed by atoms with Crippen LogP contribution < -0.4 is 5.32 Å². The molecular weight excluding hydrogens is 274 g/mol. The van der Waals surface area contributed by atoms with Crippen molar-refractivity contribution in [2.75, 3.05) is 6.26 Å². The first kappa shape index (κ1) is 15.0. The highest BCUT2D eigenvalue weighted by molar-refractivity contribution is 7.90. The van der Waals surface area contributed by atoms with E-state index in [0.29, 0.717) is 11.5 Å². The van der Waals surface area contributed by atoms with Crippen molar-refractivity contribution in [3.05, 3.63) is 29.8 Å². The van der Waals surface area contributed by atoms with Gasteiger partial charge in [-0.1, -0.05) is 19.8 Å². The summed E-state index contributed by atoms with van der Waals surface area (Å²) < 4.78 is 22.7. The molecule has 0 bridgehead atoms. The quantitative estimate of drug-likeness (QED) is 0.931. The number of rotatable bonds is 3. The molecule has 20 heavy (non-hydrogen) atoms. The summed E-state index contributed by atoms with van der Waals surface area (Å²) in [6.45, 7) is 2.16. The zero-order chi connectivity index (χ0) is 14.8. The molecule has 1 aromatic rings. The summed E-state index contributed by atoms with van der Waals surface area (Å²) in [6.07, 6.45) is 5.72. The largest absolute Gasteiger partial charge is 0.349 e. The highest BCUT2D eigenvalue weighted by Gasteiger charge is 2.23. The Balaban J connectivity index is 2.06. The van der Waals surface area contributed by atoms with Gasteiger partial charge in [0.1, 0.15) is 0 Å². The van der Waals surface area contributed by atoms with Gasteiger partial charge in [-0.15, -0.1) is 0 Å². The summed E-state index contributed by atoms with van der Waals surface area (Å²) in [4.78, 5) is 12.4. The van der Waals surface area contributed by atoms with Gasteiger partial charge in [-0.25, -0.2) is 8.42 Å². The molecule has 4 nitrogen and oxygen atoms in total. The minimum absolute atomic E-state index is 0.121. The van der Waals surface area contributed by atoms with Crippen molar-refractivity contribution >= 4 is 15.7 Å². The Bertz CT molecular complexity index is 578. The first-order valence-corrected chi connectivity index (χ1v) is 8.88. The van der Waals surface area contributed by atoms with Crippen molar-refractivity contribution in [2.45, 2.75) is 43.5 Å². The Hall–Kier alpha value is -1.36. The summed E-state index contributed by atoms with van der Waals surface area (Å²) >= 11 is 0. The van der Waals surface area contributed by atoms with Crippen LogP contribution in [0.4, 0.5) is 0 Å². The number of amides is 1. The Morgan fingerprint density at radius 2 is 1.75 bits per heavy atom. The molecule has 0 radical (unpaired) electrons. The van der Waals surface area contributed by atoms with E-state index in [9.17, 15) is 13.2 Å². The standard InChI is InChI=1S/C15H21NO3S/c1-11-5-3-4-6-14(11)16-15(17)12-7-9-13(10-8-12)20(2,18)19/h7-11,14H,3-6H2,1-2H3,(H,16,17). The van der Waals surface area contributed by atoms with Gasteiger partial charge >= 0.3 is 0 Å².